The van der Waals surface area contributed by atoms with Gasteiger partial charge in [-0.3, -0.25) is 4.31 Å². The number of benzene rings is 2. The third kappa shape index (κ3) is 5.20. The maximum atomic E-state index is 12.5. The Morgan fingerprint density at radius 2 is 1.82 bits per heavy atom. The van der Waals surface area contributed by atoms with Crippen LogP contribution in [0.15, 0.2) is 36.4 Å². The Morgan fingerprint density at radius 3 is 2.45 bits per heavy atom. The molecule has 0 saturated carbocycles. The van der Waals surface area contributed by atoms with E-state index in [0.29, 0.717) is 22.5 Å². The molecule has 180 valence electrons. The zero-order valence-corrected chi connectivity index (χ0v) is 21.9. The number of likely N-dealkylation sites (tertiary alicyclic amines) is 1. The number of anilines is 1. The number of hydrogen-bond donors (Lipinski definition) is 1. The number of sulfonamides is 1. The zero-order chi connectivity index (χ0) is 23.8. The number of nitrogens with zero attached hydrogens (tertiary/aromatic N) is 2. The summed E-state index contributed by atoms with van der Waals surface area (Å²) in [5.41, 5.74) is 4.37. The minimum atomic E-state index is -3.29. The molecule has 4 rings (SSSR count). The Kier molecular flexibility index (Phi) is 7.32. The summed E-state index contributed by atoms with van der Waals surface area (Å²) in [7, 11) is -1.32. The minimum absolute atomic E-state index is 0.0883. The van der Waals surface area contributed by atoms with Crippen molar-refractivity contribution in [3.05, 3.63) is 63.1 Å². The van der Waals surface area contributed by atoms with Crippen LogP contribution >= 0.6 is 23.2 Å². The van der Waals surface area contributed by atoms with Gasteiger partial charge in [-0.25, -0.2) is 8.42 Å². The Morgan fingerprint density at radius 1 is 1.09 bits per heavy atom. The molecule has 5 nitrogen and oxygen atoms in total. The monoisotopic (exact) mass is 509 g/mol. The SMILES string of the molecule is CNCC(CCN1CCC2(CC1)CN(S(C)(=O)=O)c1ccc(C)cc12)c1ccc(Cl)c(Cl)c1. The summed E-state index contributed by atoms with van der Waals surface area (Å²) in [6.07, 6.45) is 4.28. The molecule has 0 radical (unpaired) electrons. The lowest BCUT2D eigenvalue weighted by molar-refractivity contribution is 0.163. The Balaban J connectivity index is 1.44. The van der Waals surface area contributed by atoms with Gasteiger partial charge in [0.1, 0.15) is 0 Å². The van der Waals surface area contributed by atoms with Crippen LogP contribution < -0.4 is 9.62 Å². The highest BCUT2D eigenvalue weighted by molar-refractivity contribution is 7.92. The van der Waals surface area contributed by atoms with Crippen molar-refractivity contribution in [3.63, 3.8) is 0 Å². The van der Waals surface area contributed by atoms with Crippen molar-refractivity contribution in [2.75, 3.05) is 50.3 Å². The van der Waals surface area contributed by atoms with Gasteiger partial charge in [-0.15, -0.1) is 0 Å². The molecule has 1 atom stereocenters. The van der Waals surface area contributed by atoms with E-state index in [2.05, 4.69) is 29.3 Å². The highest BCUT2D eigenvalue weighted by Gasteiger charge is 2.47. The number of nitrogens with one attached hydrogen (secondary N) is 1. The second-order valence-electron chi connectivity index (χ2n) is 9.63. The van der Waals surface area contributed by atoms with E-state index >= 15 is 0 Å². The lowest BCUT2D eigenvalue weighted by Gasteiger charge is -2.40. The van der Waals surface area contributed by atoms with E-state index in [9.17, 15) is 8.42 Å². The summed E-state index contributed by atoms with van der Waals surface area (Å²) in [6, 6.07) is 12.1. The van der Waals surface area contributed by atoms with Gasteiger partial charge in [0.2, 0.25) is 10.0 Å². The molecule has 8 heteroatoms. The van der Waals surface area contributed by atoms with Crippen molar-refractivity contribution < 1.29 is 8.42 Å². The third-order valence-electron chi connectivity index (χ3n) is 7.31. The molecule has 1 N–H and O–H groups in total. The second kappa shape index (κ2) is 9.74. The molecule has 0 amide bonds. The molecule has 0 aliphatic carbocycles. The largest absolute Gasteiger partial charge is 0.319 e. The van der Waals surface area contributed by atoms with Gasteiger partial charge in [-0.2, -0.15) is 0 Å². The van der Waals surface area contributed by atoms with Gasteiger partial charge in [0.15, 0.2) is 0 Å². The first-order valence-electron chi connectivity index (χ1n) is 11.5. The first-order valence-corrected chi connectivity index (χ1v) is 14.1. The lowest BCUT2D eigenvalue weighted by Crippen LogP contribution is -2.46. The summed E-state index contributed by atoms with van der Waals surface area (Å²) in [6.45, 7) is 6.46. The van der Waals surface area contributed by atoms with Crippen molar-refractivity contribution >= 4 is 38.9 Å². The van der Waals surface area contributed by atoms with Crippen LogP contribution in [0.3, 0.4) is 0 Å². The van der Waals surface area contributed by atoms with Crippen LogP contribution in [0.25, 0.3) is 0 Å². The van der Waals surface area contributed by atoms with E-state index < -0.39 is 10.0 Å². The molecule has 1 unspecified atom stereocenters. The van der Waals surface area contributed by atoms with Crippen LogP contribution in [-0.4, -0.2) is 59.3 Å². The fraction of sp³-hybridized carbons (Fsp3) is 0.520. The zero-order valence-electron chi connectivity index (χ0n) is 19.6. The number of aryl methyl sites for hydroxylation is 1. The van der Waals surface area contributed by atoms with E-state index in [0.717, 1.165) is 51.1 Å². The summed E-state index contributed by atoms with van der Waals surface area (Å²) in [5.74, 6) is 0.358. The van der Waals surface area contributed by atoms with Crippen LogP contribution in [0.5, 0.6) is 0 Å². The normalized spacial score (nSPS) is 19.1. The summed E-state index contributed by atoms with van der Waals surface area (Å²) < 4.78 is 26.6. The standard InChI is InChI=1S/C25H33Cl2N3O2S/c1-18-4-7-24-21(14-18)25(17-30(24)33(3,31)32)9-12-29(13-10-25)11-8-20(16-28-2)19-5-6-22(26)23(27)15-19/h4-7,14-15,20,28H,8-13,16-17H2,1-3H3. The van der Waals surface area contributed by atoms with Crippen molar-refractivity contribution in [1.82, 2.24) is 10.2 Å². The molecule has 2 aliphatic rings. The van der Waals surface area contributed by atoms with Gasteiger partial charge in [-0.1, -0.05) is 47.0 Å². The maximum Gasteiger partial charge on any atom is 0.232 e. The number of halogens is 2. The molecular formula is C25H33Cl2N3O2S. The van der Waals surface area contributed by atoms with Crippen LogP contribution in [0.4, 0.5) is 5.69 Å². The average Bonchev–Trinajstić information content (AvgIpc) is 3.08. The van der Waals surface area contributed by atoms with Gasteiger partial charge in [0.05, 0.1) is 22.0 Å². The van der Waals surface area contributed by atoms with Crippen molar-refractivity contribution in [3.8, 4) is 0 Å². The van der Waals surface area contributed by atoms with Gasteiger partial charge in [-0.05, 0) is 88.1 Å². The first kappa shape index (κ1) is 24.8. The van der Waals surface area contributed by atoms with Gasteiger partial charge in [0, 0.05) is 18.5 Å². The molecule has 0 aromatic heterocycles. The Hall–Kier alpha value is -1.31. The molecule has 1 spiro atoms. The Labute approximate surface area is 208 Å². The van der Waals surface area contributed by atoms with Gasteiger partial charge >= 0.3 is 0 Å². The fourth-order valence-corrected chi connectivity index (χ4v) is 6.71. The maximum absolute atomic E-state index is 12.5. The predicted molar refractivity (Wildman–Crippen MR) is 138 cm³/mol. The summed E-state index contributed by atoms with van der Waals surface area (Å²) in [5, 5.41) is 4.49. The number of piperidine rings is 1. The average molecular weight is 511 g/mol. The molecule has 2 aromatic rings. The number of fused-ring (bicyclic) bond motifs is 2. The molecule has 2 aromatic carbocycles. The topological polar surface area (TPSA) is 52.6 Å². The van der Waals surface area contributed by atoms with Crippen LogP contribution in [0, 0.1) is 6.92 Å². The number of likely N-dealkylation sites (N-methyl/N-ethyl adjacent to an activating group) is 1. The third-order valence-corrected chi connectivity index (χ3v) is 9.18. The molecule has 2 aliphatic heterocycles. The van der Waals surface area contributed by atoms with E-state index in [-0.39, 0.29) is 5.41 Å². The molecule has 1 fully saturated rings. The quantitative estimate of drug-likeness (QED) is 0.581. The molecule has 0 bridgehead atoms. The van der Waals surface area contributed by atoms with Crippen LogP contribution in [-0.2, 0) is 15.4 Å². The van der Waals surface area contributed by atoms with Gasteiger partial charge in [0.25, 0.3) is 0 Å². The second-order valence-corrected chi connectivity index (χ2v) is 12.4. The smallest absolute Gasteiger partial charge is 0.232 e. The highest BCUT2D eigenvalue weighted by Crippen LogP contribution is 2.48. The van der Waals surface area contributed by atoms with Gasteiger partial charge < -0.3 is 10.2 Å². The molecule has 2 heterocycles. The molecular weight excluding hydrogens is 477 g/mol. The minimum Gasteiger partial charge on any atom is -0.319 e. The van der Waals surface area contributed by atoms with Crippen LogP contribution in [0.1, 0.15) is 41.9 Å². The van der Waals surface area contributed by atoms with Crippen molar-refractivity contribution in [2.24, 2.45) is 0 Å². The lowest BCUT2D eigenvalue weighted by atomic mass is 9.74. The highest BCUT2D eigenvalue weighted by atomic mass is 35.5. The van der Waals surface area contributed by atoms with Crippen molar-refractivity contribution in [1.29, 1.82) is 0 Å². The molecule has 33 heavy (non-hydrogen) atoms. The van der Waals surface area contributed by atoms with Crippen LogP contribution in [0.2, 0.25) is 10.0 Å². The Bertz CT molecular complexity index is 1110. The number of rotatable bonds is 7. The summed E-state index contributed by atoms with van der Waals surface area (Å²) >= 11 is 12.4. The van der Waals surface area contributed by atoms with Crippen molar-refractivity contribution in [2.45, 2.75) is 37.5 Å². The number of hydrogen-bond acceptors (Lipinski definition) is 4. The predicted octanol–water partition coefficient (Wildman–Crippen LogP) is 4.81. The first-order chi connectivity index (χ1) is 15.6. The van der Waals surface area contributed by atoms with E-state index in [1.807, 2.05) is 31.3 Å². The fourth-order valence-electron chi connectivity index (χ4n) is 5.40. The van der Waals surface area contributed by atoms with E-state index in [1.54, 1.807) is 4.31 Å². The van der Waals surface area contributed by atoms with E-state index in [1.165, 1.54) is 22.9 Å². The van der Waals surface area contributed by atoms with E-state index in [4.69, 9.17) is 23.2 Å². The molecule has 1 saturated heterocycles. The summed E-state index contributed by atoms with van der Waals surface area (Å²) in [4.78, 5) is 2.52.